The van der Waals surface area contributed by atoms with Gasteiger partial charge in [-0.05, 0) is 44.2 Å². The highest BCUT2D eigenvalue weighted by Crippen LogP contribution is 2.45. The minimum atomic E-state index is -0.520. The summed E-state index contributed by atoms with van der Waals surface area (Å²) >= 11 is 0. The first kappa shape index (κ1) is 13.1. The molecule has 0 unspecified atom stereocenters. The van der Waals surface area contributed by atoms with Crippen molar-refractivity contribution < 1.29 is 9.47 Å². The largest absolute Gasteiger partial charge is 0.497 e. The van der Waals surface area contributed by atoms with E-state index in [1.54, 1.807) is 7.11 Å². The molecule has 2 aromatic carbocycles. The zero-order valence-electron chi connectivity index (χ0n) is 12.8. The van der Waals surface area contributed by atoms with Crippen LogP contribution < -0.4 is 9.47 Å². The van der Waals surface area contributed by atoms with Crippen molar-refractivity contribution in [2.24, 2.45) is 0 Å². The zero-order chi connectivity index (χ0) is 15.3. The highest BCUT2D eigenvalue weighted by Gasteiger charge is 2.35. The summed E-state index contributed by atoms with van der Waals surface area (Å²) < 4.78 is 11.5. The molecule has 0 saturated carbocycles. The van der Waals surface area contributed by atoms with Crippen LogP contribution in [0.5, 0.6) is 11.5 Å². The molecule has 0 aliphatic carbocycles. The van der Waals surface area contributed by atoms with Crippen LogP contribution in [-0.2, 0) is 5.60 Å². The first-order valence-corrected chi connectivity index (χ1v) is 7.23. The molecule has 4 heteroatoms. The van der Waals surface area contributed by atoms with Gasteiger partial charge in [-0.25, -0.2) is 9.97 Å². The Morgan fingerprint density at radius 3 is 2.45 bits per heavy atom. The molecule has 4 rings (SSSR count). The van der Waals surface area contributed by atoms with Crippen LogP contribution in [0, 0.1) is 0 Å². The van der Waals surface area contributed by atoms with E-state index < -0.39 is 5.60 Å². The van der Waals surface area contributed by atoms with Crippen molar-refractivity contribution in [3.63, 3.8) is 0 Å². The lowest BCUT2D eigenvalue weighted by molar-refractivity contribution is 0.100. The smallest absolute Gasteiger partial charge is 0.147 e. The van der Waals surface area contributed by atoms with E-state index in [4.69, 9.17) is 19.4 Å². The first-order chi connectivity index (χ1) is 10.6. The second kappa shape index (κ2) is 4.44. The predicted molar refractivity (Wildman–Crippen MR) is 85.2 cm³/mol. The van der Waals surface area contributed by atoms with Crippen LogP contribution in [0.15, 0.2) is 42.5 Å². The summed E-state index contributed by atoms with van der Waals surface area (Å²) in [6, 6.07) is 13.7. The quantitative estimate of drug-likeness (QED) is 0.681. The molecule has 0 saturated heterocycles. The highest BCUT2D eigenvalue weighted by atomic mass is 16.5. The number of para-hydroxylation sites is 2. The highest BCUT2D eigenvalue weighted by molar-refractivity contribution is 5.82. The fourth-order valence-electron chi connectivity index (χ4n) is 2.84. The average Bonchev–Trinajstić information content (AvgIpc) is 2.53. The summed E-state index contributed by atoms with van der Waals surface area (Å²) in [5.41, 5.74) is 3.88. The van der Waals surface area contributed by atoms with Crippen LogP contribution in [0.3, 0.4) is 0 Å². The summed E-state index contributed by atoms with van der Waals surface area (Å²) in [5, 5.41) is 0. The Morgan fingerprint density at radius 1 is 1.00 bits per heavy atom. The summed E-state index contributed by atoms with van der Waals surface area (Å²) in [5.74, 6) is 1.59. The normalized spacial score (nSPS) is 14.9. The predicted octanol–water partition coefficient (Wildman–Crippen LogP) is 3.93. The van der Waals surface area contributed by atoms with Gasteiger partial charge in [-0.1, -0.05) is 12.1 Å². The van der Waals surface area contributed by atoms with Gasteiger partial charge in [0.15, 0.2) is 0 Å². The molecule has 0 atom stereocenters. The topological polar surface area (TPSA) is 44.2 Å². The maximum atomic E-state index is 6.14. The van der Waals surface area contributed by atoms with E-state index in [1.165, 1.54) is 0 Å². The third kappa shape index (κ3) is 1.84. The molecule has 110 valence electrons. The molecular weight excluding hydrogens is 276 g/mol. The van der Waals surface area contributed by atoms with Crippen LogP contribution in [-0.4, -0.2) is 17.1 Å². The Bertz CT molecular complexity index is 887. The number of rotatable bonds is 1. The van der Waals surface area contributed by atoms with Gasteiger partial charge < -0.3 is 9.47 Å². The number of nitrogens with zero attached hydrogens (tertiary/aromatic N) is 2. The average molecular weight is 292 g/mol. The first-order valence-electron chi connectivity index (χ1n) is 7.23. The SMILES string of the molecule is COc1ccc2c(c1)-c1nc3ccccc3nc1C(C)(C)O2. The lowest BCUT2D eigenvalue weighted by Crippen LogP contribution is -2.31. The zero-order valence-corrected chi connectivity index (χ0v) is 12.8. The van der Waals surface area contributed by atoms with Gasteiger partial charge in [0.05, 0.1) is 18.1 Å². The molecule has 3 aromatic rings. The van der Waals surface area contributed by atoms with E-state index in [-0.39, 0.29) is 0 Å². The van der Waals surface area contributed by atoms with Gasteiger partial charge >= 0.3 is 0 Å². The van der Waals surface area contributed by atoms with E-state index in [9.17, 15) is 0 Å². The summed E-state index contributed by atoms with van der Waals surface area (Å²) in [4.78, 5) is 9.62. The van der Waals surface area contributed by atoms with E-state index in [2.05, 4.69) is 0 Å². The number of hydrogen-bond donors (Lipinski definition) is 0. The van der Waals surface area contributed by atoms with Crippen molar-refractivity contribution in [3.8, 4) is 22.8 Å². The second-order valence-electron chi connectivity index (χ2n) is 5.88. The van der Waals surface area contributed by atoms with Crippen molar-refractivity contribution in [1.29, 1.82) is 0 Å². The number of ether oxygens (including phenoxy) is 2. The van der Waals surface area contributed by atoms with Gasteiger partial charge in [0.25, 0.3) is 0 Å². The molecule has 0 amide bonds. The number of aromatic nitrogens is 2. The maximum Gasteiger partial charge on any atom is 0.147 e. The van der Waals surface area contributed by atoms with Crippen molar-refractivity contribution >= 4 is 11.0 Å². The summed E-state index contributed by atoms with van der Waals surface area (Å²) in [6.45, 7) is 4.03. The van der Waals surface area contributed by atoms with Crippen molar-refractivity contribution in [1.82, 2.24) is 9.97 Å². The van der Waals surface area contributed by atoms with E-state index in [0.29, 0.717) is 0 Å². The molecular formula is C18H16N2O2. The minimum absolute atomic E-state index is 0.520. The minimum Gasteiger partial charge on any atom is -0.497 e. The van der Waals surface area contributed by atoms with Crippen molar-refractivity contribution in [2.75, 3.05) is 7.11 Å². The van der Waals surface area contributed by atoms with Crippen LogP contribution in [0.1, 0.15) is 19.5 Å². The number of fused-ring (bicyclic) bond motifs is 4. The molecule has 0 bridgehead atoms. The van der Waals surface area contributed by atoms with Gasteiger partial charge in [0, 0.05) is 5.56 Å². The molecule has 22 heavy (non-hydrogen) atoms. The lowest BCUT2D eigenvalue weighted by Gasteiger charge is -2.33. The number of methoxy groups -OCH3 is 1. The van der Waals surface area contributed by atoms with Crippen LogP contribution >= 0.6 is 0 Å². The molecule has 1 aliphatic heterocycles. The monoisotopic (exact) mass is 292 g/mol. The number of hydrogen-bond acceptors (Lipinski definition) is 4. The molecule has 0 N–H and O–H groups in total. The van der Waals surface area contributed by atoms with Gasteiger partial charge in [0.2, 0.25) is 0 Å². The molecule has 4 nitrogen and oxygen atoms in total. The molecule has 0 radical (unpaired) electrons. The third-order valence-corrected chi connectivity index (χ3v) is 3.95. The third-order valence-electron chi connectivity index (χ3n) is 3.95. The summed E-state index contributed by atoms with van der Waals surface area (Å²) in [6.07, 6.45) is 0. The lowest BCUT2D eigenvalue weighted by atomic mass is 9.93. The van der Waals surface area contributed by atoms with Crippen LogP contribution in [0.4, 0.5) is 0 Å². The van der Waals surface area contributed by atoms with Gasteiger partial charge in [-0.15, -0.1) is 0 Å². The van der Waals surface area contributed by atoms with E-state index >= 15 is 0 Å². The maximum absolute atomic E-state index is 6.14. The Morgan fingerprint density at radius 2 is 1.73 bits per heavy atom. The summed E-state index contributed by atoms with van der Waals surface area (Å²) in [7, 11) is 1.66. The van der Waals surface area contributed by atoms with Crippen LogP contribution in [0.2, 0.25) is 0 Å². The van der Waals surface area contributed by atoms with Crippen molar-refractivity contribution in [2.45, 2.75) is 19.4 Å². The van der Waals surface area contributed by atoms with Crippen LogP contribution in [0.25, 0.3) is 22.3 Å². The van der Waals surface area contributed by atoms with Gasteiger partial charge in [-0.2, -0.15) is 0 Å². The van der Waals surface area contributed by atoms with Gasteiger partial charge in [0.1, 0.15) is 28.5 Å². The standard InChI is InChI=1S/C18H16N2O2/c1-18(2)17-16(19-13-6-4-5-7-14(13)20-17)12-10-11(21-3)8-9-15(12)22-18/h4-10H,1-3H3. The second-order valence-corrected chi connectivity index (χ2v) is 5.88. The Kier molecular flexibility index (Phi) is 2.64. The van der Waals surface area contributed by atoms with E-state index in [0.717, 1.165) is 39.5 Å². The van der Waals surface area contributed by atoms with Gasteiger partial charge in [-0.3, -0.25) is 0 Å². The Balaban J connectivity index is 2.06. The molecule has 0 fully saturated rings. The Labute approximate surface area is 128 Å². The van der Waals surface area contributed by atoms with Crippen molar-refractivity contribution in [3.05, 3.63) is 48.2 Å². The Hall–Kier alpha value is -2.62. The molecule has 1 aromatic heterocycles. The van der Waals surface area contributed by atoms with E-state index in [1.807, 2.05) is 56.3 Å². The molecule has 0 spiro atoms. The molecule has 2 heterocycles. The number of benzene rings is 2. The fourth-order valence-corrected chi connectivity index (χ4v) is 2.84. The molecule has 1 aliphatic rings. The fraction of sp³-hybridized carbons (Fsp3) is 0.222.